The Bertz CT molecular complexity index is 99.1. The number of carboxylic acids is 2. The molecule has 6 nitrogen and oxygen atoms in total. The number of carboxylic acid groups (broad SMARTS) is 2. The summed E-state index contributed by atoms with van der Waals surface area (Å²) in [5.41, 5.74) is 0. The van der Waals surface area contributed by atoms with E-state index < -0.39 is 25.2 Å². The average Bonchev–Trinajstić information content (AvgIpc) is 1.89. The van der Waals surface area contributed by atoms with E-state index >= 15 is 0 Å². The highest BCUT2D eigenvalue weighted by Crippen LogP contribution is 1.49. The first-order valence-corrected chi connectivity index (χ1v) is 2.20. The Morgan fingerprint density at radius 3 is 1.00 bits per heavy atom. The fraction of sp³-hybridized carbons (Fsp3) is 0.500. The van der Waals surface area contributed by atoms with Gasteiger partial charge in [0.05, 0.1) is 0 Å². The van der Waals surface area contributed by atoms with Crippen molar-refractivity contribution >= 4 is 25.4 Å². The molecule has 0 saturated heterocycles. The van der Waals surface area contributed by atoms with Gasteiger partial charge in [-0.05, 0) is 0 Å². The van der Waals surface area contributed by atoms with Gasteiger partial charge in [-0.25, -0.2) is 9.59 Å². The highest BCUT2D eigenvalue weighted by molar-refractivity contribution is 7.59. The van der Waals surface area contributed by atoms with Crippen molar-refractivity contribution in [2.45, 2.75) is 0 Å². The van der Waals surface area contributed by atoms with E-state index in [0.29, 0.717) is 0 Å². The maximum Gasteiger partial charge on any atom is 0.329 e. The van der Waals surface area contributed by atoms with Gasteiger partial charge in [0.2, 0.25) is 0 Å². The molecule has 0 bridgehead atoms. The number of aliphatic carboxylic acids is 2. The Morgan fingerprint density at radius 1 is 0.909 bits per heavy atom. The van der Waals surface area contributed by atoms with E-state index in [1.54, 1.807) is 0 Å². The van der Waals surface area contributed by atoms with Crippen LogP contribution in [0.3, 0.4) is 0 Å². The molecule has 0 saturated carbocycles. The third-order valence-corrected chi connectivity index (χ3v) is 0.271. The lowest BCUT2D eigenvalue weighted by molar-refractivity contribution is -0.141. The molecule has 0 aliphatic heterocycles. The van der Waals surface area contributed by atoms with Gasteiger partial charge in [0, 0.05) is 0 Å². The fourth-order valence-electron chi connectivity index (χ4n) is 0. The van der Waals surface area contributed by atoms with Crippen LogP contribution in [0, 0.1) is 0 Å². The van der Waals surface area contributed by atoms with Crippen LogP contribution in [0.25, 0.3) is 0 Å². The lowest BCUT2D eigenvalue weighted by Gasteiger charge is -1.72. The fourth-order valence-corrected chi connectivity index (χ4v) is 0. The minimum atomic E-state index is -1.19. The summed E-state index contributed by atoms with van der Waals surface area (Å²) in [6.07, 6.45) is 0. The largest absolute Gasteiger partial charge is 0.480 e. The molecular formula is C4H10O6S. The predicted octanol–water partition coefficient (Wildman–Crippen LogP) is -1.76. The molecule has 4 N–H and O–H groups in total. The lowest BCUT2D eigenvalue weighted by atomic mass is 10.8. The molecule has 0 spiro atoms. The first-order chi connectivity index (χ1) is 4.54. The van der Waals surface area contributed by atoms with Crippen LogP contribution < -0.4 is 0 Å². The van der Waals surface area contributed by atoms with Gasteiger partial charge in [-0.1, -0.05) is 0 Å². The summed E-state index contributed by atoms with van der Waals surface area (Å²) in [6.45, 7) is -1.56. The van der Waals surface area contributed by atoms with Gasteiger partial charge in [-0.2, -0.15) is 13.5 Å². The van der Waals surface area contributed by atoms with Gasteiger partial charge in [-0.3, -0.25) is 0 Å². The Hall–Kier alpha value is -0.790. The lowest BCUT2D eigenvalue weighted by Crippen LogP contribution is -1.98. The third-order valence-electron chi connectivity index (χ3n) is 0.271. The second kappa shape index (κ2) is 11.9. The van der Waals surface area contributed by atoms with E-state index in [-0.39, 0.29) is 13.5 Å². The van der Waals surface area contributed by atoms with E-state index in [1.165, 1.54) is 0 Å². The quantitative estimate of drug-likeness (QED) is 0.406. The molecule has 0 aliphatic carbocycles. The second-order valence-electron chi connectivity index (χ2n) is 1.10. The molecule has 68 valence electrons. The molecule has 0 heterocycles. The third kappa shape index (κ3) is 46.5. The van der Waals surface area contributed by atoms with E-state index in [9.17, 15) is 0 Å². The summed E-state index contributed by atoms with van der Waals surface area (Å²) in [4.78, 5) is 18.2. The standard InChI is InChI=1S/2C2H4O3.H2S/c2*3-1-2(4)5;/h2*3H,1H2,(H,4,5);1H2. The maximum absolute atomic E-state index is 9.12. The molecular weight excluding hydrogens is 176 g/mol. The first-order valence-electron chi connectivity index (χ1n) is 2.20. The Balaban J connectivity index is -0.000000107. The zero-order chi connectivity index (χ0) is 8.57. The molecule has 0 aromatic heterocycles. The average molecular weight is 186 g/mol. The van der Waals surface area contributed by atoms with Crippen LogP contribution in [0.15, 0.2) is 0 Å². The van der Waals surface area contributed by atoms with Crippen molar-refractivity contribution in [1.29, 1.82) is 0 Å². The number of hydrogen-bond acceptors (Lipinski definition) is 4. The monoisotopic (exact) mass is 186 g/mol. The molecule has 0 radical (unpaired) electrons. The maximum atomic E-state index is 9.12. The molecule has 0 aromatic carbocycles. The zero-order valence-electron chi connectivity index (χ0n) is 5.52. The van der Waals surface area contributed by atoms with Gasteiger partial charge in [-0.15, -0.1) is 0 Å². The van der Waals surface area contributed by atoms with Gasteiger partial charge >= 0.3 is 11.9 Å². The molecule has 11 heavy (non-hydrogen) atoms. The predicted molar refractivity (Wildman–Crippen MR) is 39.8 cm³/mol. The van der Waals surface area contributed by atoms with Crippen molar-refractivity contribution in [2.24, 2.45) is 0 Å². The van der Waals surface area contributed by atoms with Crippen molar-refractivity contribution in [3.05, 3.63) is 0 Å². The van der Waals surface area contributed by atoms with Crippen LogP contribution in [0.4, 0.5) is 0 Å². The molecule has 0 fully saturated rings. The second-order valence-corrected chi connectivity index (χ2v) is 1.10. The molecule has 0 aliphatic rings. The van der Waals surface area contributed by atoms with Crippen molar-refractivity contribution < 1.29 is 30.0 Å². The van der Waals surface area contributed by atoms with Gasteiger partial charge in [0.25, 0.3) is 0 Å². The normalized spacial score (nSPS) is 6.73. The highest BCUT2D eigenvalue weighted by Gasteiger charge is 1.83. The van der Waals surface area contributed by atoms with Crippen molar-refractivity contribution in [1.82, 2.24) is 0 Å². The first kappa shape index (κ1) is 16.7. The molecule has 0 atom stereocenters. The van der Waals surface area contributed by atoms with Crippen LogP contribution in [0.1, 0.15) is 0 Å². The van der Waals surface area contributed by atoms with E-state index in [0.717, 1.165) is 0 Å². The van der Waals surface area contributed by atoms with Crippen molar-refractivity contribution in [2.75, 3.05) is 13.2 Å². The minimum absolute atomic E-state index is 0. The molecule has 7 heteroatoms. The minimum Gasteiger partial charge on any atom is -0.480 e. The molecule has 0 amide bonds. The smallest absolute Gasteiger partial charge is 0.329 e. The van der Waals surface area contributed by atoms with Crippen molar-refractivity contribution in [3.63, 3.8) is 0 Å². The SMILES string of the molecule is O=C(O)CO.O=C(O)CO.S. The molecule has 0 aromatic rings. The van der Waals surface area contributed by atoms with Crippen LogP contribution in [0.5, 0.6) is 0 Å². The van der Waals surface area contributed by atoms with E-state index in [1.807, 2.05) is 0 Å². The Kier molecular flexibility index (Phi) is 18.1. The topological polar surface area (TPSA) is 115 Å². The molecule has 0 rings (SSSR count). The number of rotatable bonds is 2. The number of carbonyl (C=O) groups is 2. The number of aliphatic hydroxyl groups excluding tert-OH is 2. The summed E-state index contributed by atoms with van der Waals surface area (Å²) < 4.78 is 0. The van der Waals surface area contributed by atoms with Crippen LogP contribution in [-0.4, -0.2) is 45.6 Å². The van der Waals surface area contributed by atoms with E-state index in [2.05, 4.69) is 0 Å². The Morgan fingerprint density at radius 2 is 1.00 bits per heavy atom. The van der Waals surface area contributed by atoms with Gasteiger partial charge in [0.1, 0.15) is 13.2 Å². The number of hydrogen-bond donors (Lipinski definition) is 4. The van der Waals surface area contributed by atoms with Gasteiger partial charge in [0.15, 0.2) is 0 Å². The van der Waals surface area contributed by atoms with Crippen molar-refractivity contribution in [3.8, 4) is 0 Å². The van der Waals surface area contributed by atoms with Crippen LogP contribution in [0.2, 0.25) is 0 Å². The van der Waals surface area contributed by atoms with Crippen LogP contribution >= 0.6 is 13.5 Å². The van der Waals surface area contributed by atoms with Crippen LogP contribution in [-0.2, 0) is 9.59 Å². The highest BCUT2D eigenvalue weighted by atomic mass is 32.1. The zero-order valence-corrected chi connectivity index (χ0v) is 6.52. The Labute approximate surface area is 69.5 Å². The van der Waals surface area contributed by atoms with E-state index in [4.69, 9.17) is 30.0 Å². The number of aliphatic hydroxyl groups is 2. The summed E-state index contributed by atoms with van der Waals surface area (Å²) in [6, 6.07) is 0. The summed E-state index contributed by atoms with van der Waals surface area (Å²) in [7, 11) is 0. The van der Waals surface area contributed by atoms with Gasteiger partial charge < -0.3 is 20.4 Å². The summed E-state index contributed by atoms with van der Waals surface area (Å²) in [5, 5.41) is 30.0. The summed E-state index contributed by atoms with van der Waals surface area (Å²) >= 11 is 0. The summed E-state index contributed by atoms with van der Waals surface area (Å²) in [5.74, 6) is -2.38. The molecule has 0 unspecified atom stereocenters.